The minimum Gasteiger partial charge on any atom is -0.382 e. The van der Waals surface area contributed by atoms with Crippen LogP contribution in [0.2, 0.25) is 5.02 Å². The largest absolute Gasteiger partial charge is 0.382 e. The van der Waals surface area contributed by atoms with Crippen molar-refractivity contribution in [1.82, 2.24) is 9.78 Å². The van der Waals surface area contributed by atoms with Gasteiger partial charge < -0.3 is 5.32 Å². The maximum absolute atomic E-state index is 12.0. The topological polar surface area (TPSA) is 64.0 Å². The highest BCUT2D eigenvalue weighted by Crippen LogP contribution is 2.15. The highest BCUT2D eigenvalue weighted by molar-refractivity contribution is 7.84. The lowest BCUT2D eigenvalue weighted by Gasteiger charge is -2.13. The first kappa shape index (κ1) is 17.2. The van der Waals surface area contributed by atoms with Crippen molar-refractivity contribution < 1.29 is 4.21 Å². The van der Waals surface area contributed by atoms with Crippen LogP contribution >= 0.6 is 11.6 Å². The molecule has 0 saturated carbocycles. The number of hydrogen-bond donors (Lipinski definition) is 1. The van der Waals surface area contributed by atoms with Gasteiger partial charge in [0.2, 0.25) is 0 Å². The molecular weight excluding hydrogens is 298 g/mol. The summed E-state index contributed by atoms with van der Waals surface area (Å²) in [5.74, 6) is 0.329. The highest BCUT2D eigenvalue weighted by atomic mass is 35.5. The number of rotatable bonds is 7. The van der Waals surface area contributed by atoms with E-state index >= 15 is 0 Å². The minimum absolute atomic E-state index is 0.107. The van der Waals surface area contributed by atoms with Crippen LogP contribution in [0.25, 0.3) is 0 Å². The van der Waals surface area contributed by atoms with Crippen molar-refractivity contribution in [3.63, 3.8) is 0 Å². The van der Waals surface area contributed by atoms with Crippen LogP contribution in [0.5, 0.6) is 0 Å². The van der Waals surface area contributed by atoms with E-state index in [1.54, 1.807) is 12.5 Å². The van der Waals surface area contributed by atoms with Gasteiger partial charge in [0.15, 0.2) is 0 Å². The zero-order valence-electron chi connectivity index (χ0n) is 12.4. The van der Waals surface area contributed by atoms with E-state index in [0.717, 1.165) is 6.42 Å². The van der Waals surface area contributed by atoms with Crippen molar-refractivity contribution in [2.24, 2.45) is 5.92 Å². The van der Waals surface area contributed by atoms with Crippen LogP contribution in [0.15, 0.2) is 11.0 Å². The van der Waals surface area contributed by atoms with Crippen molar-refractivity contribution in [2.45, 2.75) is 39.0 Å². The van der Waals surface area contributed by atoms with Gasteiger partial charge in [-0.1, -0.05) is 32.4 Å². The molecule has 0 aliphatic rings. The molecule has 7 heteroatoms. The number of anilines is 1. The zero-order valence-corrected chi connectivity index (χ0v) is 13.9. The molecule has 0 fully saturated rings. The average molecular weight is 320 g/mol. The van der Waals surface area contributed by atoms with Gasteiger partial charge in [0, 0.05) is 35.4 Å². The SMILES string of the molecule is CC(C)Cn1ncc(NCCC(C)S(C)=O)c(Cl)c1=O. The van der Waals surface area contributed by atoms with Gasteiger partial charge in [0.1, 0.15) is 5.02 Å². The summed E-state index contributed by atoms with van der Waals surface area (Å²) < 4.78 is 12.6. The zero-order chi connectivity index (χ0) is 15.3. The number of nitrogens with one attached hydrogen (secondary N) is 1. The number of halogens is 1. The van der Waals surface area contributed by atoms with E-state index < -0.39 is 10.8 Å². The second-order valence-corrected chi connectivity index (χ2v) is 7.46. The van der Waals surface area contributed by atoms with Crippen LogP contribution in [0.4, 0.5) is 5.69 Å². The second kappa shape index (κ2) is 7.78. The molecule has 0 amide bonds. The fourth-order valence-electron chi connectivity index (χ4n) is 1.64. The van der Waals surface area contributed by atoms with Crippen molar-refractivity contribution in [2.75, 3.05) is 18.1 Å². The van der Waals surface area contributed by atoms with E-state index in [9.17, 15) is 9.00 Å². The Hall–Kier alpha value is -0.880. The lowest BCUT2D eigenvalue weighted by atomic mass is 10.2. The molecule has 0 saturated heterocycles. The maximum atomic E-state index is 12.0. The van der Waals surface area contributed by atoms with E-state index in [4.69, 9.17) is 11.6 Å². The van der Waals surface area contributed by atoms with Gasteiger partial charge in [0.05, 0.1) is 11.9 Å². The van der Waals surface area contributed by atoms with Gasteiger partial charge in [-0.3, -0.25) is 9.00 Å². The third-order valence-electron chi connectivity index (χ3n) is 2.96. The van der Waals surface area contributed by atoms with E-state index in [-0.39, 0.29) is 15.8 Å². The van der Waals surface area contributed by atoms with E-state index in [0.29, 0.717) is 24.7 Å². The normalized spacial score (nSPS) is 14.3. The standard InChI is InChI=1S/C13H22ClN3O2S/c1-9(2)8-17-13(18)12(14)11(7-16-17)15-6-5-10(3)20(4)19/h7,9-10,15H,5-6,8H2,1-4H3. The van der Waals surface area contributed by atoms with Crippen molar-refractivity contribution >= 4 is 28.1 Å². The molecule has 1 heterocycles. The van der Waals surface area contributed by atoms with E-state index in [1.807, 2.05) is 20.8 Å². The lowest BCUT2D eigenvalue weighted by Crippen LogP contribution is -2.26. The first-order valence-corrected chi connectivity index (χ1v) is 8.64. The van der Waals surface area contributed by atoms with E-state index in [2.05, 4.69) is 10.4 Å². The molecule has 114 valence electrons. The Morgan fingerprint density at radius 1 is 1.45 bits per heavy atom. The summed E-state index contributed by atoms with van der Waals surface area (Å²) in [6, 6.07) is 0. The summed E-state index contributed by atoms with van der Waals surface area (Å²) in [7, 11) is -0.843. The molecule has 1 N–H and O–H groups in total. The molecule has 20 heavy (non-hydrogen) atoms. The third-order valence-corrected chi connectivity index (χ3v) is 4.69. The molecule has 0 spiro atoms. The van der Waals surface area contributed by atoms with Gasteiger partial charge in [-0.25, -0.2) is 4.68 Å². The molecule has 0 aliphatic carbocycles. The fourth-order valence-corrected chi connectivity index (χ4v) is 2.30. The summed E-state index contributed by atoms with van der Waals surface area (Å²) in [6.07, 6.45) is 4.00. The molecule has 5 nitrogen and oxygen atoms in total. The quantitative estimate of drug-likeness (QED) is 0.836. The Balaban J connectivity index is 2.71. The van der Waals surface area contributed by atoms with Crippen molar-refractivity contribution in [3.05, 3.63) is 21.6 Å². The maximum Gasteiger partial charge on any atom is 0.287 e. The van der Waals surface area contributed by atoms with Crippen LogP contribution in [0.3, 0.4) is 0 Å². The molecule has 0 aromatic carbocycles. The number of nitrogens with zero attached hydrogens (tertiary/aromatic N) is 2. The van der Waals surface area contributed by atoms with Gasteiger partial charge in [-0.05, 0) is 12.3 Å². The Morgan fingerprint density at radius 3 is 2.65 bits per heavy atom. The molecule has 0 radical (unpaired) electrons. The predicted octanol–water partition coefficient (Wildman–Crippen LogP) is 2.12. The van der Waals surface area contributed by atoms with Crippen LogP contribution in [0, 0.1) is 5.92 Å². The highest BCUT2D eigenvalue weighted by Gasteiger charge is 2.11. The van der Waals surface area contributed by atoms with Gasteiger partial charge in [-0.15, -0.1) is 0 Å². The number of hydrogen-bond acceptors (Lipinski definition) is 4. The Labute approximate surface area is 127 Å². The summed E-state index contributed by atoms with van der Waals surface area (Å²) in [5.41, 5.74) is 0.253. The molecule has 2 atom stereocenters. The third kappa shape index (κ3) is 4.90. The van der Waals surface area contributed by atoms with Gasteiger partial charge in [-0.2, -0.15) is 5.10 Å². The molecular formula is C13H22ClN3O2S. The van der Waals surface area contributed by atoms with Crippen molar-refractivity contribution in [1.29, 1.82) is 0 Å². The second-order valence-electron chi connectivity index (χ2n) is 5.28. The molecule has 1 aromatic heterocycles. The Morgan fingerprint density at radius 2 is 2.10 bits per heavy atom. The number of aromatic nitrogens is 2. The van der Waals surface area contributed by atoms with Crippen LogP contribution in [-0.2, 0) is 17.3 Å². The lowest BCUT2D eigenvalue weighted by molar-refractivity contribution is 0.464. The van der Waals surface area contributed by atoms with E-state index in [1.165, 1.54) is 4.68 Å². The van der Waals surface area contributed by atoms with Crippen molar-refractivity contribution in [3.8, 4) is 0 Å². The monoisotopic (exact) mass is 319 g/mol. The van der Waals surface area contributed by atoms with Gasteiger partial charge in [0.25, 0.3) is 5.56 Å². The molecule has 2 unspecified atom stereocenters. The first-order valence-electron chi connectivity index (χ1n) is 6.64. The summed E-state index contributed by atoms with van der Waals surface area (Å²) in [5, 5.41) is 7.45. The van der Waals surface area contributed by atoms with Crippen LogP contribution in [-0.4, -0.2) is 32.0 Å². The predicted molar refractivity (Wildman–Crippen MR) is 85.0 cm³/mol. The smallest absolute Gasteiger partial charge is 0.287 e. The molecule has 0 bridgehead atoms. The van der Waals surface area contributed by atoms with Crippen LogP contribution < -0.4 is 10.9 Å². The first-order chi connectivity index (χ1) is 9.32. The molecule has 1 rings (SSSR count). The summed E-state index contributed by atoms with van der Waals surface area (Å²) in [6.45, 7) is 7.11. The summed E-state index contributed by atoms with van der Waals surface area (Å²) in [4.78, 5) is 12.0. The molecule has 1 aromatic rings. The van der Waals surface area contributed by atoms with Gasteiger partial charge >= 0.3 is 0 Å². The minimum atomic E-state index is -0.843. The Kier molecular flexibility index (Phi) is 6.68. The summed E-state index contributed by atoms with van der Waals surface area (Å²) >= 11 is 6.06. The average Bonchev–Trinajstić information content (AvgIpc) is 2.37. The fraction of sp³-hybridized carbons (Fsp3) is 0.692. The molecule has 0 aliphatic heterocycles. The van der Waals surface area contributed by atoms with Crippen LogP contribution in [0.1, 0.15) is 27.2 Å². The Bertz CT molecular complexity index is 531.